The van der Waals surface area contributed by atoms with Crippen LogP contribution in [0.15, 0.2) is 133 Å². The van der Waals surface area contributed by atoms with E-state index in [1.165, 1.54) is 47.8 Å². The van der Waals surface area contributed by atoms with Gasteiger partial charge in [-0.2, -0.15) is 23.5 Å². The minimum Gasteiger partial charge on any atom is -0.477 e. The number of carboxylic acid groups (broad SMARTS) is 2. The first-order valence-electron chi connectivity index (χ1n) is 30.4. The first-order valence-corrected chi connectivity index (χ1v) is 32.7. The molecule has 2 fully saturated rings. The molecule has 506 valence electrons. The molecular formula is C66H80N6O20S2. The third-order valence-corrected chi connectivity index (χ3v) is 17.6. The van der Waals surface area contributed by atoms with Gasteiger partial charge in [-0.3, -0.25) is 28.8 Å². The number of hydrogen-bond acceptors (Lipinski definition) is 20. The zero-order valence-corrected chi connectivity index (χ0v) is 53.3. The summed E-state index contributed by atoms with van der Waals surface area (Å²) in [5.41, 5.74) is 4.41. The van der Waals surface area contributed by atoms with Gasteiger partial charge in [0, 0.05) is 86.6 Å². The summed E-state index contributed by atoms with van der Waals surface area (Å²) in [6.45, 7) is 1.40. The van der Waals surface area contributed by atoms with Crippen LogP contribution >= 0.6 is 23.5 Å². The predicted molar refractivity (Wildman–Crippen MR) is 346 cm³/mol. The molecule has 0 aliphatic carbocycles. The van der Waals surface area contributed by atoms with Crippen LogP contribution in [0.25, 0.3) is 22.3 Å². The lowest BCUT2D eigenvalue weighted by Crippen LogP contribution is -2.68. The average molecular weight is 1340 g/mol. The fourth-order valence-electron chi connectivity index (χ4n) is 10.6. The Balaban J connectivity index is 0.779. The van der Waals surface area contributed by atoms with Crippen molar-refractivity contribution in [3.63, 3.8) is 0 Å². The van der Waals surface area contributed by atoms with Gasteiger partial charge in [-0.05, 0) is 95.1 Å². The highest BCUT2D eigenvalue weighted by Crippen LogP contribution is 2.36. The van der Waals surface area contributed by atoms with Crippen LogP contribution in [-0.2, 0) is 38.1 Å². The van der Waals surface area contributed by atoms with Crippen molar-refractivity contribution in [3.8, 4) is 22.3 Å². The summed E-state index contributed by atoms with van der Waals surface area (Å²) in [4.78, 5) is 102. The summed E-state index contributed by atoms with van der Waals surface area (Å²) in [6.07, 6.45) is -14.7. The zero-order chi connectivity index (χ0) is 68.0. The Hall–Kier alpha value is -7.84. The maximum Gasteiger partial charge on any atom is 0.364 e. The van der Waals surface area contributed by atoms with Crippen LogP contribution in [0, 0.1) is 0 Å². The van der Waals surface area contributed by atoms with Gasteiger partial charge in [0.05, 0.1) is 49.7 Å². The third-order valence-electron chi connectivity index (χ3n) is 15.4. The molecule has 0 saturated carbocycles. The number of hydrogen-bond donors (Lipinski definition) is 14. The molecule has 2 saturated heterocycles. The van der Waals surface area contributed by atoms with E-state index in [0.29, 0.717) is 34.1 Å². The minimum atomic E-state index is -2.49. The molecule has 0 bridgehead atoms. The van der Waals surface area contributed by atoms with Crippen molar-refractivity contribution in [3.05, 3.63) is 156 Å². The number of nitrogens with one attached hydrogen (secondary N) is 6. The van der Waals surface area contributed by atoms with Gasteiger partial charge in [0.2, 0.25) is 11.8 Å². The van der Waals surface area contributed by atoms with Crippen molar-refractivity contribution in [1.82, 2.24) is 31.9 Å². The zero-order valence-electron chi connectivity index (χ0n) is 51.7. The van der Waals surface area contributed by atoms with Gasteiger partial charge >= 0.3 is 11.9 Å². The summed E-state index contributed by atoms with van der Waals surface area (Å²) in [7, 11) is 0. The number of carboxylic acids is 2. The van der Waals surface area contributed by atoms with Crippen LogP contribution in [-0.4, -0.2) is 223 Å². The largest absolute Gasteiger partial charge is 0.477 e. The van der Waals surface area contributed by atoms with E-state index in [9.17, 15) is 79.2 Å². The fraction of sp³-hybridized carbons (Fsp3) is 0.424. The number of carbonyl (C=O) groups is 8. The number of benzene rings is 5. The highest BCUT2D eigenvalue weighted by atomic mass is 32.2. The van der Waals surface area contributed by atoms with Gasteiger partial charge in [-0.15, -0.1) is 0 Å². The number of ether oxygens (including phenoxy) is 4. The highest BCUT2D eigenvalue weighted by Gasteiger charge is 2.57. The molecule has 26 nitrogen and oxygen atoms in total. The van der Waals surface area contributed by atoms with Gasteiger partial charge in [0.1, 0.15) is 24.4 Å². The maximum absolute atomic E-state index is 13.1. The summed E-state index contributed by atoms with van der Waals surface area (Å²) in [5.74, 6) is -9.66. The van der Waals surface area contributed by atoms with Crippen LogP contribution < -0.4 is 31.9 Å². The van der Waals surface area contributed by atoms with E-state index >= 15 is 0 Å². The Morgan fingerprint density at radius 2 is 0.830 bits per heavy atom. The maximum atomic E-state index is 13.1. The molecule has 5 aromatic carbocycles. The molecule has 5 aromatic rings. The number of amides is 6. The molecule has 0 aromatic heterocycles. The van der Waals surface area contributed by atoms with Crippen LogP contribution in [0.2, 0.25) is 0 Å². The third kappa shape index (κ3) is 20.6. The second-order valence-corrected chi connectivity index (χ2v) is 24.9. The Bertz CT molecular complexity index is 3140. The average Bonchev–Trinajstić information content (AvgIpc) is 0.777. The van der Waals surface area contributed by atoms with E-state index in [1.807, 2.05) is 72.8 Å². The van der Waals surface area contributed by atoms with Crippen LogP contribution in [0.4, 0.5) is 0 Å². The second-order valence-electron chi connectivity index (χ2n) is 22.4. The number of aliphatic hydroxyl groups excluding tert-OH is 6. The van der Waals surface area contributed by atoms with E-state index in [-0.39, 0.29) is 50.3 Å². The van der Waals surface area contributed by atoms with Gasteiger partial charge in [0.25, 0.3) is 35.2 Å². The van der Waals surface area contributed by atoms with E-state index < -0.39 is 146 Å². The van der Waals surface area contributed by atoms with Crippen LogP contribution in [0.3, 0.4) is 0 Å². The summed E-state index contributed by atoms with van der Waals surface area (Å²) in [5, 5.41) is 103. The fourth-order valence-corrected chi connectivity index (χ4v) is 12.1. The number of aliphatic hydroxyl groups is 6. The Kier molecular flexibility index (Phi) is 27.9. The van der Waals surface area contributed by atoms with Gasteiger partial charge in [-0.1, -0.05) is 84.9 Å². The summed E-state index contributed by atoms with van der Waals surface area (Å²) < 4.78 is 23.2. The normalized spacial score (nSPS) is 22.3. The monoisotopic (exact) mass is 1340 g/mol. The number of carbonyl (C=O) groups excluding carboxylic acids is 6. The Morgan fingerprint density at radius 3 is 1.18 bits per heavy atom. The van der Waals surface area contributed by atoms with Crippen LogP contribution in [0.5, 0.6) is 0 Å². The van der Waals surface area contributed by atoms with Gasteiger partial charge in [0.15, 0.2) is 0 Å². The van der Waals surface area contributed by atoms with Crippen molar-refractivity contribution in [1.29, 1.82) is 0 Å². The van der Waals surface area contributed by atoms with E-state index in [1.54, 1.807) is 36.4 Å². The second kappa shape index (κ2) is 35.6. The molecular weight excluding hydrogens is 1260 g/mol. The molecule has 7 rings (SSSR count). The summed E-state index contributed by atoms with van der Waals surface area (Å²) in [6, 6.07) is 35.4. The standard InChI is InChI=1S/C66H80N6O20S2/c1-39(73)71-53-49(75)35-65(63(85)86,91-57(53)55(79)51(77)37-69-61(83)47-19-9-17-45(33-47)41-13-5-3-6-14-41)89-27-11-29-93-31-25-67-59(81)43-21-23-44(24-22-43)60(82)68-26-32-94-30-12-28-90-66(64(87)88)36-50(76)54(72-40(2)74)58(92-66)56(80)52(78)38-70-62(84)48-20-10-18-46(34-48)42-15-7-4-8-16-42/h3-10,13-24,33-34,49-58,75-80H,11-12,25-32,35-38H2,1-2H3,(H,67,81)(H,68,82)(H,69,83)(H,70,84)(H,71,73)(H,72,74)(H,85,86)(H,87,88)/t49-,50-,51-,52+,53+,54+,55+,56+,57+,58+,65+,66+/m0/s1. The van der Waals surface area contributed by atoms with E-state index in [0.717, 1.165) is 36.1 Å². The number of rotatable bonds is 34. The number of thioether (sulfide) groups is 2. The molecule has 0 spiro atoms. The van der Waals surface area contributed by atoms with Gasteiger partial charge in [-0.25, -0.2) is 9.59 Å². The smallest absolute Gasteiger partial charge is 0.364 e. The molecule has 0 unspecified atom stereocenters. The van der Waals surface area contributed by atoms with E-state index in [2.05, 4.69) is 31.9 Å². The number of aliphatic carboxylic acids is 2. The molecule has 2 aliphatic heterocycles. The topological polar surface area (TPSA) is 408 Å². The van der Waals surface area contributed by atoms with Crippen molar-refractivity contribution in [2.24, 2.45) is 0 Å². The van der Waals surface area contributed by atoms with Crippen LogP contribution in [0.1, 0.15) is 81.0 Å². The Morgan fingerprint density at radius 1 is 0.479 bits per heavy atom. The lowest BCUT2D eigenvalue weighted by atomic mass is 9.88. The predicted octanol–water partition coefficient (Wildman–Crippen LogP) is 1.93. The SMILES string of the molecule is CC(=O)N[C@H]1[C@H]([C@H](O)[C@H](O)CNC(=O)c2cccc(-c3ccccc3)c2)O[C@@](OCCCSCCNC(=O)c2ccc(C(=O)NCCSCCCO[C@]3(C(=O)O)C[C@H](O)[C@@H](NC(C)=O)[C@H]([C@H](O)[C@@H](O)CNC(=O)c4cccc(-c5ccccc5)c4)O3)cc2)(C(=O)O)C[C@@H]1O. The molecule has 6 amide bonds. The molecule has 12 atom stereocenters. The highest BCUT2D eigenvalue weighted by molar-refractivity contribution is 7.99. The molecule has 14 N–H and O–H groups in total. The minimum absolute atomic E-state index is 0.185. The van der Waals surface area contributed by atoms with Gasteiger partial charge < -0.3 is 91.7 Å². The van der Waals surface area contributed by atoms with E-state index in [4.69, 9.17) is 18.9 Å². The molecule has 2 aliphatic rings. The summed E-state index contributed by atoms with van der Waals surface area (Å²) >= 11 is 2.84. The molecule has 28 heteroatoms. The molecule has 2 heterocycles. The first-order chi connectivity index (χ1) is 45.0. The Labute approximate surface area is 550 Å². The lowest BCUT2D eigenvalue weighted by molar-refractivity contribution is -0.310. The quantitative estimate of drug-likeness (QED) is 0.0262. The van der Waals surface area contributed by atoms with Crippen molar-refractivity contribution >= 4 is 70.9 Å². The van der Waals surface area contributed by atoms with Crippen molar-refractivity contribution in [2.75, 3.05) is 62.4 Å². The molecule has 0 radical (unpaired) electrons. The molecule has 94 heavy (non-hydrogen) atoms. The first kappa shape index (κ1) is 73.6. The van der Waals surface area contributed by atoms with Crippen molar-refractivity contribution < 1.29 is 98.2 Å². The lowest BCUT2D eigenvalue weighted by Gasteiger charge is -2.46. The van der Waals surface area contributed by atoms with Crippen molar-refractivity contribution in [2.45, 2.75) is 112 Å².